The average molecular weight is 388 g/mol. The summed E-state index contributed by atoms with van der Waals surface area (Å²) in [5, 5.41) is 0. The highest BCUT2D eigenvalue weighted by Crippen LogP contribution is 2.26. The van der Waals surface area contributed by atoms with Crippen molar-refractivity contribution >= 4 is 22.0 Å². The summed E-state index contributed by atoms with van der Waals surface area (Å²) < 4.78 is 32.8. The number of benzene rings is 1. The summed E-state index contributed by atoms with van der Waals surface area (Å²) >= 11 is 0. The van der Waals surface area contributed by atoms with Crippen LogP contribution in [0.1, 0.15) is 22.5 Å². The molecule has 0 bridgehead atoms. The van der Waals surface area contributed by atoms with Crippen LogP contribution in [0, 0.1) is 20.8 Å². The average Bonchev–Trinajstić information content (AvgIpc) is 3.12. The third-order valence-electron chi connectivity index (χ3n) is 4.69. The Morgan fingerprint density at radius 1 is 1.07 bits per heavy atom. The molecule has 1 aliphatic rings. The molecule has 2 heterocycles. The number of amides is 1. The molecule has 2 aromatic rings. The zero-order valence-corrected chi connectivity index (χ0v) is 16.6. The Kier molecular flexibility index (Phi) is 5.53. The van der Waals surface area contributed by atoms with Gasteiger partial charge in [-0.15, -0.1) is 0 Å². The van der Waals surface area contributed by atoms with Crippen LogP contribution in [-0.2, 0) is 14.8 Å². The van der Waals surface area contributed by atoms with E-state index in [4.69, 9.17) is 4.42 Å². The van der Waals surface area contributed by atoms with E-state index < -0.39 is 10.0 Å². The monoisotopic (exact) mass is 388 g/mol. The van der Waals surface area contributed by atoms with Crippen LogP contribution in [0.25, 0.3) is 6.08 Å². The Hall–Kier alpha value is -2.38. The normalized spacial score (nSPS) is 16.2. The van der Waals surface area contributed by atoms with Gasteiger partial charge in [-0.25, -0.2) is 8.42 Å². The molecule has 1 fully saturated rings. The van der Waals surface area contributed by atoms with Crippen molar-refractivity contribution < 1.29 is 17.6 Å². The van der Waals surface area contributed by atoms with Gasteiger partial charge >= 0.3 is 0 Å². The van der Waals surface area contributed by atoms with Crippen molar-refractivity contribution in [3.63, 3.8) is 0 Å². The summed E-state index contributed by atoms with van der Waals surface area (Å²) in [6.07, 6.45) is 4.62. The summed E-state index contributed by atoms with van der Waals surface area (Å²) in [6.45, 7) is 6.91. The highest BCUT2D eigenvalue weighted by molar-refractivity contribution is 7.89. The predicted octanol–water partition coefficient (Wildman–Crippen LogP) is 2.75. The molecule has 0 radical (unpaired) electrons. The Morgan fingerprint density at radius 3 is 2.26 bits per heavy atom. The fraction of sp³-hybridized carbons (Fsp3) is 0.350. The summed E-state index contributed by atoms with van der Waals surface area (Å²) in [4.78, 5) is 14.3. The van der Waals surface area contributed by atoms with E-state index in [1.54, 1.807) is 29.4 Å². The Labute approximate surface area is 160 Å². The molecular weight excluding hydrogens is 364 g/mol. The second-order valence-corrected chi connectivity index (χ2v) is 8.68. The van der Waals surface area contributed by atoms with Gasteiger partial charge in [-0.3, -0.25) is 4.79 Å². The van der Waals surface area contributed by atoms with Crippen molar-refractivity contribution in [3.05, 3.63) is 59.1 Å². The van der Waals surface area contributed by atoms with Crippen LogP contribution in [0.5, 0.6) is 0 Å². The van der Waals surface area contributed by atoms with E-state index in [2.05, 4.69) is 0 Å². The van der Waals surface area contributed by atoms with Gasteiger partial charge in [-0.05, 0) is 50.1 Å². The number of carbonyl (C=O) groups excluding carboxylic acids is 1. The molecule has 1 aromatic carbocycles. The first kappa shape index (κ1) is 19.4. The van der Waals surface area contributed by atoms with Crippen molar-refractivity contribution in [1.29, 1.82) is 0 Å². The minimum Gasteiger partial charge on any atom is -0.465 e. The number of hydrogen-bond acceptors (Lipinski definition) is 4. The maximum Gasteiger partial charge on any atom is 0.246 e. The smallest absolute Gasteiger partial charge is 0.246 e. The number of rotatable bonds is 4. The molecule has 0 atom stereocenters. The number of sulfonamides is 1. The Morgan fingerprint density at radius 2 is 1.70 bits per heavy atom. The Balaban J connectivity index is 1.69. The second kappa shape index (κ2) is 7.70. The lowest BCUT2D eigenvalue weighted by Gasteiger charge is -2.34. The fourth-order valence-electron chi connectivity index (χ4n) is 3.50. The van der Waals surface area contributed by atoms with Crippen molar-refractivity contribution in [1.82, 2.24) is 9.21 Å². The molecule has 27 heavy (non-hydrogen) atoms. The maximum atomic E-state index is 13.1. The molecule has 0 saturated carbocycles. The van der Waals surface area contributed by atoms with Crippen LogP contribution >= 0.6 is 0 Å². The maximum absolute atomic E-state index is 13.1. The van der Waals surface area contributed by atoms with Crippen molar-refractivity contribution in [2.24, 2.45) is 0 Å². The first-order chi connectivity index (χ1) is 12.8. The highest BCUT2D eigenvalue weighted by atomic mass is 32.2. The molecule has 1 aliphatic heterocycles. The fourth-order valence-corrected chi connectivity index (χ4v) is 5.33. The van der Waals surface area contributed by atoms with Crippen LogP contribution in [0.15, 0.2) is 45.9 Å². The van der Waals surface area contributed by atoms with E-state index in [-0.39, 0.29) is 19.0 Å². The molecule has 0 N–H and O–H groups in total. The van der Waals surface area contributed by atoms with E-state index in [1.165, 1.54) is 10.4 Å². The van der Waals surface area contributed by atoms with Crippen molar-refractivity contribution in [2.45, 2.75) is 25.7 Å². The molecule has 6 nitrogen and oxygen atoms in total. The lowest BCUT2D eigenvalue weighted by Crippen LogP contribution is -2.50. The minimum atomic E-state index is -3.57. The topological polar surface area (TPSA) is 70.8 Å². The van der Waals surface area contributed by atoms with Crippen molar-refractivity contribution in [3.8, 4) is 0 Å². The Bertz CT molecular complexity index is 931. The van der Waals surface area contributed by atoms with Crippen molar-refractivity contribution in [2.75, 3.05) is 26.2 Å². The summed E-state index contributed by atoms with van der Waals surface area (Å²) in [7, 11) is -3.57. The van der Waals surface area contributed by atoms with Gasteiger partial charge in [0, 0.05) is 32.3 Å². The van der Waals surface area contributed by atoms with E-state index in [1.807, 2.05) is 32.9 Å². The van der Waals surface area contributed by atoms with Crippen LogP contribution in [-0.4, -0.2) is 49.7 Å². The second-order valence-electron chi connectivity index (χ2n) is 6.81. The van der Waals surface area contributed by atoms with Gasteiger partial charge in [0.25, 0.3) is 0 Å². The molecule has 1 aromatic heterocycles. The highest BCUT2D eigenvalue weighted by Gasteiger charge is 2.31. The van der Waals surface area contributed by atoms with E-state index in [0.717, 1.165) is 16.7 Å². The molecule has 1 saturated heterocycles. The lowest BCUT2D eigenvalue weighted by molar-refractivity contribution is -0.127. The standard InChI is InChI=1S/C20H24N2O4S/c1-15-13-16(2)20(17(3)14-15)27(24,25)22-10-8-21(9-11-22)19(23)7-6-18-5-4-12-26-18/h4-7,12-14H,8-11H2,1-3H3. The van der Waals surface area contributed by atoms with Gasteiger partial charge in [0.2, 0.25) is 15.9 Å². The predicted molar refractivity (Wildman–Crippen MR) is 104 cm³/mol. The SMILES string of the molecule is Cc1cc(C)c(S(=O)(=O)N2CCN(C(=O)C=Cc3ccco3)CC2)c(C)c1. The first-order valence-corrected chi connectivity index (χ1v) is 10.3. The largest absolute Gasteiger partial charge is 0.465 e. The number of aryl methyl sites for hydroxylation is 3. The first-order valence-electron chi connectivity index (χ1n) is 8.87. The molecular formula is C20H24N2O4S. The molecule has 3 rings (SSSR count). The number of piperazine rings is 1. The third kappa shape index (κ3) is 4.14. The van der Waals surface area contributed by atoms with Crippen LogP contribution in [0.3, 0.4) is 0 Å². The molecule has 1 amide bonds. The van der Waals surface area contributed by atoms with Crippen LogP contribution < -0.4 is 0 Å². The molecule has 7 heteroatoms. The minimum absolute atomic E-state index is 0.147. The van der Waals surface area contributed by atoms with E-state index >= 15 is 0 Å². The van der Waals surface area contributed by atoms with Crippen LogP contribution in [0.2, 0.25) is 0 Å². The number of furan rings is 1. The zero-order chi connectivity index (χ0) is 19.6. The van der Waals surface area contributed by atoms with Crippen LogP contribution in [0.4, 0.5) is 0 Å². The van der Waals surface area contributed by atoms with E-state index in [9.17, 15) is 13.2 Å². The number of nitrogens with zero attached hydrogens (tertiary/aromatic N) is 2. The summed E-state index contributed by atoms with van der Waals surface area (Å²) in [5.74, 6) is 0.459. The lowest BCUT2D eigenvalue weighted by atomic mass is 10.1. The summed E-state index contributed by atoms with van der Waals surface area (Å²) in [6, 6.07) is 7.29. The quantitative estimate of drug-likeness (QED) is 0.755. The van der Waals surface area contributed by atoms with Gasteiger partial charge in [-0.1, -0.05) is 17.7 Å². The van der Waals surface area contributed by atoms with Gasteiger partial charge in [0.15, 0.2) is 0 Å². The molecule has 0 aliphatic carbocycles. The zero-order valence-electron chi connectivity index (χ0n) is 15.8. The van der Waals surface area contributed by atoms with Gasteiger partial charge in [0.05, 0.1) is 11.2 Å². The van der Waals surface area contributed by atoms with Gasteiger partial charge in [-0.2, -0.15) is 4.31 Å². The van der Waals surface area contributed by atoms with Gasteiger partial charge in [0.1, 0.15) is 5.76 Å². The molecule has 0 spiro atoms. The number of carbonyl (C=O) groups is 1. The van der Waals surface area contributed by atoms with E-state index in [0.29, 0.717) is 23.7 Å². The third-order valence-corrected chi connectivity index (χ3v) is 6.89. The molecule has 0 unspecified atom stereocenters. The summed E-state index contributed by atoms with van der Waals surface area (Å²) in [5.41, 5.74) is 2.56. The van der Waals surface area contributed by atoms with Gasteiger partial charge < -0.3 is 9.32 Å². The number of hydrogen-bond donors (Lipinski definition) is 0. The molecule has 144 valence electrons.